The van der Waals surface area contributed by atoms with Crippen LogP contribution in [0.25, 0.3) is 0 Å². The maximum Gasteiger partial charge on any atom is 0.238 e. The van der Waals surface area contributed by atoms with Gasteiger partial charge in [0.05, 0.1) is 0 Å². The van der Waals surface area contributed by atoms with Crippen molar-refractivity contribution in [3.05, 3.63) is 100 Å². The first-order chi connectivity index (χ1) is 13.7. The Morgan fingerprint density at radius 3 is 2.71 bits per heavy atom. The maximum absolute atomic E-state index is 12.8. The molecule has 1 aromatic heterocycles. The largest absolute Gasteiger partial charge is 0.333 e. The molecule has 0 spiro atoms. The van der Waals surface area contributed by atoms with Crippen LogP contribution in [0.3, 0.4) is 0 Å². The highest BCUT2D eigenvalue weighted by molar-refractivity contribution is 6.30. The van der Waals surface area contributed by atoms with Crippen molar-refractivity contribution in [3.63, 3.8) is 0 Å². The lowest BCUT2D eigenvalue weighted by Crippen LogP contribution is -2.48. The lowest BCUT2D eigenvalue weighted by molar-refractivity contribution is -0.132. The molecular weight excluding hydrogens is 391 g/mol. The second-order valence-electron chi connectivity index (χ2n) is 7.02. The fraction of sp³-hybridized carbons (Fsp3) is 0.217. The van der Waals surface area contributed by atoms with Crippen LogP contribution in [-0.2, 0) is 17.8 Å². The van der Waals surface area contributed by atoms with Crippen molar-refractivity contribution in [2.24, 2.45) is 0 Å². The van der Waals surface area contributed by atoms with E-state index < -0.39 is 0 Å². The number of carbonyl (C=O) groups excluding carboxylic acids is 1. The number of amides is 1. The van der Waals surface area contributed by atoms with Crippen molar-refractivity contribution >= 4 is 29.1 Å². The van der Waals surface area contributed by atoms with Gasteiger partial charge in [0.25, 0.3) is 0 Å². The van der Waals surface area contributed by atoms with Crippen molar-refractivity contribution < 1.29 is 4.79 Å². The Bertz CT molecular complexity index is 977. The molecule has 0 saturated carbocycles. The van der Waals surface area contributed by atoms with Crippen molar-refractivity contribution in [2.75, 3.05) is 5.88 Å². The monoisotopic (exact) mass is 410 g/mol. The SMILES string of the molecule is O=C(CCl)N1Cc2ccccc2C(c2cccc(Cl)c2)C1Cc1cccnc1. The Morgan fingerprint density at radius 1 is 1.11 bits per heavy atom. The number of nitrogens with zero attached hydrogens (tertiary/aromatic N) is 2. The van der Waals surface area contributed by atoms with Gasteiger partial charge in [-0.25, -0.2) is 0 Å². The molecule has 2 aromatic carbocycles. The number of pyridine rings is 1. The number of hydrogen-bond acceptors (Lipinski definition) is 2. The van der Waals surface area contributed by atoms with E-state index in [1.54, 1.807) is 6.20 Å². The average Bonchev–Trinajstić information content (AvgIpc) is 2.73. The Labute approximate surface area is 174 Å². The minimum Gasteiger partial charge on any atom is -0.333 e. The van der Waals surface area contributed by atoms with Crippen LogP contribution in [-0.4, -0.2) is 27.7 Å². The molecule has 1 aliphatic rings. The van der Waals surface area contributed by atoms with Crippen LogP contribution >= 0.6 is 23.2 Å². The van der Waals surface area contributed by atoms with Gasteiger partial charge in [0.15, 0.2) is 0 Å². The summed E-state index contributed by atoms with van der Waals surface area (Å²) in [6.07, 6.45) is 4.32. The van der Waals surface area contributed by atoms with E-state index in [0.29, 0.717) is 18.0 Å². The van der Waals surface area contributed by atoms with E-state index in [9.17, 15) is 4.79 Å². The number of alkyl halides is 1. The fourth-order valence-corrected chi connectivity index (χ4v) is 4.46. The third-order valence-corrected chi connectivity index (χ3v) is 5.79. The predicted molar refractivity (Wildman–Crippen MR) is 113 cm³/mol. The van der Waals surface area contributed by atoms with Crippen molar-refractivity contribution in [1.82, 2.24) is 9.88 Å². The highest BCUT2D eigenvalue weighted by Crippen LogP contribution is 2.40. The number of rotatable bonds is 4. The molecule has 3 nitrogen and oxygen atoms in total. The van der Waals surface area contributed by atoms with Crippen molar-refractivity contribution in [1.29, 1.82) is 0 Å². The topological polar surface area (TPSA) is 33.2 Å². The summed E-state index contributed by atoms with van der Waals surface area (Å²) < 4.78 is 0. The number of aromatic nitrogens is 1. The minimum atomic E-state index is -0.0659. The molecule has 2 unspecified atom stereocenters. The highest BCUT2D eigenvalue weighted by atomic mass is 35.5. The molecule has 2 atom stereocenters. The lowest BCUT2D eigenvalue weighted by Gasteiger charge is -2.43. The van der Waals surface area contributed by atoms with Gasteiger partial charge < -0.3 is 4.90 Å². The highest BCUT2D eigenvalue weighted by Gasteiger charge is 2.38. The summed E-state index contributed by atoms with van der Waals surface area (Å²) in [6.45, 7) is 0.559. The zero-order valence-corrected chi connectivity index (χ0v) is 16.8. The summed E-state index contributed by atoms with van der Waals surface area (Å²) in [5, 5.41) is 0.691. The Morgan fingerprint density at radius 2 is 1.96 bits per heavy atom. The zero-order valence-electron chi connectivity index (χ0n) is 15.3. The maximum atomic E-state index is 12.8. The van der Waals surface area contributed by atoms with Crippen LogP contribution < -0.4 is 0 Å². The number of benzene rings is 2. The van der Waals surface area contributed by atoms with Gasteiger partial charge in [-0.15, -0.1) is 11.6 Å². The molecule has 1 aliphatic heterocycles. The third kappa shape index (κ3) is 3.78. The molecule has 142 valence electrons. The quantitative estimate of drug-likeness (QED) is 0.563. The summed E-state index contributed by atoms with van der Waals surface area (Å²) in [5.41, 5.74) is 4.57. The summed E-state index contributed by atoms with van der Waals surface area (Å²) in [5.74, 6) is -0.0818. The molecule has 3 aromatic rings. The van der Waals surface area contributed by atoms with Gasteiger partial charge in [-0.2, -0.15) is 0 Å². The first kappa shape index (κ1) is 19.0. The van der Waals surface area contributed by atoms with E-state index in [2.05, 4.69) is 29.2 Å². The van der Waals surface area contributed by atoms with Crippen molar-refractivity contribution in [3.8, 4) is 0 Å². The number of halogens is 2. The van der Waals surface area contributed by atoms with Crippen LogP contribution in [0.15, 0.2) is 73.1 Å². The van der Waals surface area contributed by atoms with E-state index in [1.807, 2.05) is 47.5 Å². The summed E-state index contributed by atoms with van der Waals surface area (Å²) in [6, 6.07) is 20.1. The van der Waals surface area contributed by atoms with E-state index in [0.717, 1.165) is 16.7 Å². The van der Waals surface area contributed by atoms with Crippen LogP contribution in [0.4, 0.5) is 0 Å². The molecule has 0 aliphatic carbocycles. The molecule has 5 heteroatoms. The number of fused-ring (bicyclic) bond motifs is 1. The molecular formula is C23H20Cl2N2O. The first-order valence-corrected chi connectivity index (χ1v) is 10.2. The molecule has 1 amide bonds. The fourth-order valence-electron chi connectivity index (χ4n) is 4.11. The summed E-state index contributed by atoms with van der Waals surface area (Å²) in [4.78, 5) is 18.9. The minimum absolute atomic E-state index is 0.0102. The van der Waals surface area contributed by atoms with Gasteiger partial charge in [-0.05, 0) is 46.9 Å². The molecule has 4 rings (SSSR count). The Kier molecular flexibility index (Phi) is 5.65. The lowest BCUT2D eigenvalue weighted by atomic mass is 9.77. The van der Waals surface area contributed by atoms with Crippen LogP contribution in [0, 0.1) is 0 Å². The number of hydrogen-bond donors (Lipinski definition) is 0. The normalized spacial score (nSPS) is 18.6. The van der Waals surface area contributed by atoms with Crippen LogP contribution in [0.1, 0.15) is 28.2 Å². The Balaban J connectivity index is 1.86. The van der Waals surface area contributed by atoms with Gasteiger partial charge in [0, 0.05) is 35.9 Å². The zero-order chi connectivity index (χ0) is 19.5. The molecule has 2 heterocycles. The van der Waals surface area contributed by atoms with Gasteiger partial charge >= 0.3 is 0 Å². The van der Waals surface area contributed by atoms with Crippen LogP contribution in [0.5, 0.6) is 0 Å². The van der Waals surface area contributed by atoms with E-state index in [-0.39, 0.29) is 23.7 Å². The molecule has 0 fully saturated rings. The summed E-state index contributed by atoms with van der Waals surface area (Å²) >= 11 is 12.3. The van der Waals surface area contributed by atoms with Crippen LogP contribution in [0.2, 0.25) is 5.02 Å². The predicted octanol–water partition coefficient (Wildman–Crippen LogP) is 5.06. The average molecular weight is 411 g/mol. The van der Waals surface area contributed by atoms with Gasteiger partial charge in [-0.3, -0.25) is 9.78 Å². The Hall–Kier alpha value is -2.36. The van der Waals surface area contributed by atoms with Gasteiger partial charge in [0.2, 0.25) is 5.91 Å². The van der Waals surface area contributed by atoms with Gasteiger partial charge in [0.1, 0.15) is 5.88 Å². The molecule has 0 N–H and O–H groups in total. The van der Waals surface area contributed by atoms with E-state index in [1.165, 1.54) is 5.56 Å². The third-order valence-electron chi connectivity index (χ3n) is 5.33. The summed E-state index contributed by atoms with van der Waals surface area (Å²) in [7, 11) is 0. The standard InChI is InChI=1S/C23H20Cl2N2O/c24-13-22(28)27-15-18-6-1-2-9-20(18)23(17-7-3-8-19(25)12-17)21(27)11-16-5-4-10-26-14-16/h1-10,12,14,21,23H,11,13,15H2. The van der Waals surface area contributed by atoms with Gasteiger partial charge in [-0.1, -0.05) is 54.1 Å². The second kappa shape index (κ2) is 8.34. The second-order valence-corrected chi connectivity index (χ2v) is 7.72. The molecule has 0 saturated heterocycles. The van der Waals surface area contributed by atoms with E-state index >= 15 is 0 Å². The first-order valence-electron chi connectivity index (χ1n) is 9.25. The molecule has 28 heavy (non-hydrogen) atoms. The molecule has 0 radical (unpaired) electrons. The number of carbonyl (C=O) groups is 1. The van der Waals surface area contributed by atoms with Crippen molar-refractivity contribution in [2.45, 2.75) is 24.9 Å². The van der Waals surface area contributed by atoms with E-state index in [4.69, 9.17) is 23.2 Å². The smallest absolute Gasteiger partial charge is 0.238 e. The molecule has 0 bridgehead atoms.